The standard InChI is InChI=1S/C14H19FN2O2S/c15-13-4-1-3-12(9-13)11-20(18,19)17-8-7-16-6-2-5-14(16)10-17/h1,3-4,9,14H,2,5-8,10-11H2/t14-/m1/s1. The molecule has 2 heterocycles. The zero-order chi connectivity index (χ0) is 14.2. The topological polar surface area (TPSA) is 40.6 Å². The maximum absolute atomic E-state index is 13.1. The van der Waals surface area contributed by atoms with Gasteiger partial charge in [0.15, 0.2) is 0 Å². The summed E-state index contributed by atoms with van der Waals surface area (Å²) in [5, 5.41) is 0. The van der Waals surface area contributed by atoms with Crippen molar-refractivity contribution in [2.45, 2.75) is 24.6 Å². The number of fused-ring (bicyclic) bond motifs is 1. The SMILES string of the molecule is O=S(=O)(Cc1cccc(F)c1)N1CCN2CCC[C@@H]2C1. The van der Waals surface area contributed by atoms with E-state index in [4.69, 9.17) is 0 Å². The minimum atomic E-state index is -3.35. The molecule has 4 nitrogen and oxygen atoms in total. The molecule has 0 N–H and O–H groups in total. The lowest BCUT2D eigenvalue weighted by Gasteiger charge is -2.36. The van der Waals surface area contributed by atoms with Crippen molar-refractivity contribution in [2.24, 2.45) is 0 Å². The molecule has 110 valence electrons. The summed E-state index contributed by atoms with van der Waals surface area (Å²) in [6, 6.07) is 6.20. The van der Waals surface area contributed by atoms with E-state index in [0.29, 0.717) is 24.7 Å². The van der Waals surface area contributed by atoms with Crippen LogP contribution in [0.5, 0.6) is 0 Å². The van der Waals surface area contributed by atoms with E-state index in [1.54, 1.807) is 16.4 Å². The number of nitrogens with zero attached hydrogens (tertiary/aromatic N) is 2. The molecule has 0 bridgehead atoms. The Hall–Kier alpha value is -0.980. The van der Waals surface area contributed by atoms with Crippen molar-refractivity contribution in [3.63, 3.8) is 0 Å². The third-order valence-electron chi connectivity index (χ3n) is 4.18. The Kier molecular flexibility index (Phi) is 3.79. The van der Waals surface area contributed by atoms with Gasteiger partial charge in [-0.3, -0.25) is 4.90 Å². The molecule has 0 radical (unpaired) electrons. The van der Waals surface area contributed by atoms with E-state index >= 15 is 0 Å². The van der Waals surface area contributed by atoms with Crippen LogP contribution in [0.3, 0.4) is 0 Å². The number of benzene rings is 1. The maximum atomic E-state index is 13.1. The highest BCUT2D eigenvalue weighted by Gasteiger charge is 2.35. The summed E-state index contributed by atoms with van der Waals surface area (Å²) in [7, 11) is -3.35. The highest BCUT2D eigenvalue weighted by atomic mass is 32.2. The van der Waals surface area contributed by atoms with Gasteiger partial charge in [0.05, 0.1) is 5.75 Å². The first-order valence-corrected chi connectivity index (χ1v) is 8.62. The van der Waals surface area contributed by atoms with Gasteiger partial charge in [0.2, 0.25) is 10.0 Å². The van der Waals surface area contributed by atoms with E-state index in [0.717, 1.165) is 25.9 Å². The zero-order valence-corrected chi connectivity index (χ0v) is 12.2. The summed E-state index contributed by atoms with van der Waals surface area (Å²) in [4.78, 5) is 2.37. The van der Waals surface area contributed by atoms with Crippen LogP contribution >= 0.6 is 0 Å². The quantitative estimate of drug-likeness (QED) is 0.848. The van der Waals surface area contributed by atoms with Crippen molar-refractivity contribution in [1.82, 2.24) is 9.21 Å². The molecule has 2 saturated heterocycles. The minimum absolute atomic E-state index is 0.114. The van der Waals surface area contributed by atoms with Crippen LogP contribution in [0.2, 0.25) is 0 Å². The average Bonchev–Trinajstić information content (AvgIpc) is 2.85. The number of sulfonamides is 1. The fourth-order valence-corrected chi connectivity index (χ4v) is 4.69. The zero-order valence-electron chi connectivity index (χ0n) is 11.3. The van der Waals surface area contributed by atoms with Gasteiger partial charge in [0.1, 0.15) is 5.82 Å². The predicted molar refractivity (Wildman–Crippen MR) is 75.2 cm³/mol. The van der Waals surface area contributed by atoms with Crippen molar-refractivity contribution in [3.05, 3.63) is 35.6 Å². The summed E-state index contributed by atoms with van der Waals surface area (Å²) in [6.07, 6.45) is 2.23. The molecule has 2 aliphatic rings. The molecule has 0 aromatic heterocycles. The van der Waals surface area contributed by atoms with Crippen LogP contribution in [0.4, 0.5) is 4.39 Å². The van der Waals surface area contributed by atoms with Crippen molar-refractivity contribution in [1.29, 1.82) is 0 Å². The van der Waals surface area contributed by atoms with Gasteiger partial charge < -0.3 is 0 Å². The van der Waals surface area contributed by atoms with Crippen molar-refractivity contribution >= 4 is 10.0 Å². The smallest absolute Gasteiger partial charge is 0.218 e. The van der Waals surface area contributed by atoms with Gasteiger partial charge in [-0.1, -0.05) is 12.1 Å². The number of halogens is 1. The Balaban J connectivity index is 1.72. The average molecular weight is 298 g/mol. The van der Waals surface area contributed by atoms with Gasteiger partial charge in [-0.25, -0.2) is 12.8 Å². The van der Waals surface area contributed by atoms with Crippen LogP contribution < -0.4 is 0 Å². The normalized spacial score (nSPS) is 24.8. The molecule has 20 heavy (non-hydrogen) atoms. The summed E-state index contributed by atoms with van der Waals surface area (Å²) >= 11 is 0. The van der Waals surface area contributed by atoms with Crippen LogP contribution in [0, 0.1) is 5.82 Å². The van der Waals surface area contributed by atoms with Gasteiger partial charge in [-0.2, -0.15) is 4.31 Å². The van der Waals surface area contributed by atoms with Crippen LogP contribution in [-0.4, -0.2) is 49.8 Å². The molecular formula is C14H19FN2O2S. The molecular weight excluding hydrogens is 279 g/mol. The van der Waals surface area contributed by atoms with Crippen molar-refractivity contribution < 1.29 is 12.8 Å². The van der Waals surface area contributed by atoms with Gasteiger partial charge >= 0.3 is 0 Å². The summed E-state index contributed by atoms with van der Waals surface area (Å²) < 4.78 is 39.6. The highest BCUT2D eigenvalue weighted by Crippen LogP contribution is 2.24. The van der Waals surface area contributed by atoms with Gasteiger partial charge in [-0.05, 0) is 37.1 Å². The Morgan fingerprint density at radius 2 is 2.10 bits per heavy atom. The Labute approximate surface area is 119 Å². The molecule has 1 aromatic carbocycles. The van der Waals surface area contributed by atoms with Crippen LogP contribution in [0.15, 0.2) is 24.3 Å². The first-order chi connectivity index (χ1) is 9.54. The lowest BCUT2D eigenvalue weighted by Crippen LogP contribution is -2.52. The monoisotopic (exact) mass is 298 g/mol. The van der Waals surface area contributed by atoms with Crippen LogP contribution in [0.25, 0.3) is 0 Å². The fourth-order valence-electron chi connectivity index (χ4n) is 3.14. The van der Waals surface area contributed by atoms with Crippen molar-refractivity contribution in [2.75, 3.05) is 26.2 Å². The molecule has 0 saturated carbocycles. The number of hydrogen-bond acceptors (Lipinski definition) is 3. The molecule has 1 aromatic rings. The van der Waals surface area contributed by atoms with Gasteiger partial charge in [0.25, 0.3) is 0 Å². The third kappa shape index (κ3) is 2.87. The first-order valence-electron chi connectivity index (χ1n) is 7.01. The summed E-state index contributed by atoms with van der Waals surface area (Å²) in [5.41, 5.74) is 0.513. The Morgan fingerprint density at radius 1 is 1.25 bits per heavy atom. The van der Waals surface area contributed by atoms with Crippen molar-refractivity contribution in [3.8, 4) is 0 Å². The van der Waals surface area contributed by atoms with Crippen LogP contribution in [0.1, 0.15) is 18.4 Å². The lowest BCUT2D eigenvalue weighted by atomic mass is 10.2. The molecule has 2 aliphatic heterocycles. The molecule has 2 fully saturated rings. The fraction of sp³-hybridized carbons (Fsp3) is 0.571. The largest absolute Gasteiger partial charge is 0.298 e. The summed E-state index contributed by atoms with van der Waals surface area (Å²) in [6.45, 7) is 3.03. The van der Waals surface area contributed by atoms with Gasteiger partial charge in [-0.15, -0.1) is 0 Å². The summed E-state index contributed by atoms with van der Waals surface area (Å²) in [5.74, 6) is -0.504. The first kappa shape index (κ1) is 14.0. The molecule has 0 amide bonds. The maximum Gasteiger partial charge on any atom is 0.218 e. The molecule has 0 unspecified atom stereocenters. The van der Waals surface area contributed by atoms with Crippen LogP contribution in [-0.2, 0) is 15.8 Å². The molecule has 1 atom stereocenters. The Bertz CT molecular complexity index is 591. The predicted octanol–water partition coefficient (Wildman–Crippen LogP) is 1.44. The number of hydrogen-bond donors (Lipinski definition) is 0. The van der Waals surface area contributed by atoms with Gasteiger partial charge in [0, 0.05) is 25.7 Å². The third-order valence-corrected chi connectivity index (χ3v) is 6.00. The molecule has 0 spiro atoms. The van der Waals surface area contributed by atoms with E-state index in [1.807, 2.05) is 0 Å². The molecule has 0 aliphatic carbocycles. The number of piperazine rings is 1. The second kappa shape index (κ2) is 5.42. The second-order valence-electron chi connectivity index (χ2n) is 5.58. The van der Waals surface area contributed by atoms with E-state index in [1.165, 1.54) is 12.1 Å². The van der Waals surface area contributed by atoms with E-state index in [9.17, 15) is 12.8 Å². The Morgan fingerprint density at radius 3 is 2.90 bits per heavy atom. The number of rotatable bonds is 3. The van der Waals surface area contributed by atoms with E-state index in [2.05, 4.69) is 4.90 Å². The van der Waals surface area contributed by atoms with E-state index in [-0.39, 0.29) is 5.75 Å². The molecule has 6 heteroatoms. The highest BCUT2D eigenvalue weighted by molar-refractivity contribution is 7.88. The lowest BCUT2D eigenvalue weighted by molar-refractivity contribution is 0.158. The van der Waals surface area contributed by atoms with E-state index < -0.39 is 15.8 Å². The second-order valence-corrected chi connectivity index (χ2v) is 7.55. The minimum Gasteiger partial charge on any atom is -0.298 e. The molecule has 3 rings (SSSR count).